The molecular formula is C22H22N2O4. The van der Waals surface area contributed by atoms with Gasteiger partial charge >= 0.3 is 6.09 Å². The fourth-order valence-electron chi connectivity index (χ4n) is 3.98. The first-order valence-corrected chi connectivity index (χ1v) is 9.34. The molecule has 2 aliphatic rings. The standard InChI is InChI=1S/C22H22N2O4/c1-15-7-3-4-9-17(15)13-23(2)19(25)14-24-20(26)22(28-21(24)27)12-11-16-8-5-6-10-18(16)22/h3-10H,11-14H2,1-2H3. The van der Waals surface area contributed by atoms with Crippen LogP contribution < -0.4 is 0 Å². The Morgan fingerprint density at radius 2 is 1.86 bits per heavy atom. The highest BCUT2D eigenvalue weighted by Crippen LogP contribution is 2.45. The summed E-state index contributed by atoms with van der Waals surface area (Å²) in [5.74, 6) is -0.753. The topological polar surface area (TPSA) is 66.9 Å². The molecular weight excluding hydrogens is 356 g/mol. The lowest BCUT2D eigenvalue weighted by atomic mass is 9.95. The Morgan fingerprint density at radius 3 is 2.64 bits per heavy atom. The molecule has 1 heterocycles. The molecule has 0 aromatic heterocycles. The summed E-state index contributed by atoms with van der Waals surface area (Å²) in [5, 5.41) is 0. The highest BCUT2D eigenvalue weighted by Gasteiger charge is 2.58. The van der Waals surface area contributed by atoms with Crippen LogP contribution in [0.15, 0.2) is 48.5 Å². The number of amides is 3. The molecule has 6 nitrogen and oxygen atoms in total. The predicted molar refractivity (Wildman–Crippen MR) is 102 cm³/mol. The van der Waals surface area contributed by atoms with Gasteiger partial charge in [0.1, 0.15) is 6.54 Å². The van der Waals surface area contributed by atoms with E-state index in [0.29, 0.717) is 19.4 Å². The summed E-state index contributed by atoms with van der Waals surface area (Å²) < 4.78 is 5.55. The molecule has 2 aromatic rings. The number of imide groups is 1. The number of benzene rings is 2. The van der Waals surface area contributed by atoms with E-state index in [-0.39, 0.29) is 12.5 Å². The van der Waals surface area contributed by atoms with Crippen LogP contribution in [0.5, 0.6) is 0 Å². The number of likely N-dealkylation sites (N-methyl/N-ethyl adjacent to an activating group) is 1. The highest BCUT2D eigenvalue weighted by atomic mass is 16.6. The number of ether oxygens (including phenoxy) is 1. The third-order valence-corrected chi connectivity index (χ3v) is 5.66. The van der Waals surface area contributed by atoms with E-state index in [1.807, 2.05) is 55.5 Å². The maximum atomic E-state index is 13.1. The third-order valence-electron chi connectivity index (χ3n) is 5.66. The zero-order valence-electron chi connectivity index (χ0n) is 16.0. The largest absolute Gasteiger partial charge is 0.427 e. The maximum absolute atomic E-state index is 13.1. The van der Waals surface area contributed by atoms with Crippen molar-refractivity contribution in [2.24, 2.45) is 0 Å². The molecule has 3 amide bonds. The minimum Gasteiger partial charge on any atom is -0.427 e. The number of rotatable bonds is 4. The van der Waals surface area contributed by atoms with E-state index in [1.54, 1.807) is 7.05 Å². The van der Waals surface area contributed by atoms with Gasteiger partial charge in [0.25, 0.3) is 5.91 Å². The quantitative estimate of drug-likeness (QED) is 0.821. The van der Waals surface area contributed by atoms with Gasteiger partial charge in [-0.1, -0.05) is 48.5 Å². The molecule has 4 rings (SSSR count). The Balaban J connectivity index is 1.50. The number of fused-ring (bicyclic) bond motifs is 2. The Kier molecular flexibility index (Phi) is 4.41. The summed E-state index contributed by atoms with van der Waals surface area (Å²) in [4.78, 5) is 40.7. The molecule has 1 aliphatic heterocycles. The molecule has 1 saturated heterocycles. The summed E-state index contributed by atoms with van der Waals surface area (Å²) in [6.07, 6.45) is 0.338. The fourth-order valence-corrected chi connectivity index (χ4v) is 3.98. The smallest absolute Gasteiger partial charge is 0.418 e. The highest BCUT2D eigenvalue weighted by molar-refractivity contribution is 6.06. The minimum atomic E-state index is -1.28. The molecule has 6 heteroatoms. The number of aryl methyl sites for hydroxylation is 2. The Hall–Kier alpha value is -3.15. The summed E-state index contributed by atoms with van der Waals surface area (Å²) in [7, 11) is 1.67. The van der Waals surface area contributed by atoms with E-state index in [9.17, 15) is 14.4 Å². The zero-order valence-corrected chi connectivity index (χ0v) is 16.0. The van der Waals surface area contributed by atoms with Gasteiger partial charge in [-0.2, -0.15) is 0 Å². The molecule has 1 fully saturated rings. The molecule has 1 unspecified atom stereocenters. The Morgan fingerprint density at radius 1 is 1.14 bits per heavy atom. The monoisotopic (exact) mass is 378 g/mol. The van der Waals surface area contributed by atoms with Gasteiger partial charge in [-0.3, -0.25) is 9.59 Å². The van der Waals surface area contributed by atoms with Crippen molar-refractivity contribution >= 4 is 17.9 Å². The number of carbonyl (C=O) groups is 3. The third kappa shape index (κ3) is 2.85. The first kappa shape index (κ1) is 18.2. The summed E-state index contributed by atoms with van der Waals surface area (Å²) >= 11 is 0. The molecule has 1 spiro atoms. The number of carbonyl (C=O) groups excluding carboxylic acids is 3. The number of nitrogens with zero attached hydrogens (tertiary/aromatic N) is 2. The molecule has 2 aromatic carbocycles. The summed E-state index contributed by atoms with van der Waals surface area (Å²) in [6.45, 7) is 2.08. The van der Waals surface area contributed by atoms with Gasteiger partial charge in [0.15, 0.2) is 0 Å². The number of hydrogen-bond acceptors (Lipinski definition) is 4. The molecule has 0 bridgehead atoms. The second kappa shape index (κ2) is 6.78. The minimum absolute atomic E-state index is 0.308. The van der Waals surface area contributed by atoms with Crippen LogP contribution in [0.2, 0.25) is 0 Å². The van der Waals surface area contributed by atoms with Gasteiger partial charge in [0.2, 0.25) is 11.5 Å². The SMILES string of the molecule is Cc1ccccc1CN(C)C(=O)CN1C(=O)OC2(CCc3ccccc32)C1=O. The van der Waals surface area contributed by atoms with E-state index in [4.69, 9.17) is 4.74 Å². The lowest BCUT2D eigenvalue weighted by Gasteiger charge is -2.22. The van der Waals surface area contributed by atoms with Crippen LogP contribution in [0.25, 0.3) is 0 Å². The average Bonchev–Trinajstić information content (AvgIpc) is 3.17. The maximum Gasteiger partial charge on any atom is 0.418 e. The van der Waals surface area contributed by atoms with Gasteiger partial charge in [0.05, 0.1) is 0 Å². The van der Waals surface area contributed by atoms with E-state index in [0.717, 1.165) is 27.2 Å². The van der Waals surface area contributed by atoms with E-state index >= 15 is 0 Å². The Labute approximate surface area is 163 Å². The van der Waals surface area contributed by atoms with Crippen molar-refractivity contribution in [3.63, 3.8) is 0 Å². The van der Waals surface area contributed by atoms with Crippen LogP contribution in [0.4, 0.5) is 4.79 Å². The second-order valence-corrected chi connectivity index (χ2v) is 7.42. The molecule has 0 radical (unpaired) electrons. The van der Waals surface area contributed by atoms with Crippen molar-refractivity contribution in [3.8, 4) is 0 Å². The first-order valence-electron chi connectivity index (χ1n) is 9.34. The normalized spacial score (nSPS) is 20.4. The molecule has 28 heavy (non-hydrogen) atoms. The lowest BCUT2D eigenvalue weighted by molar-refractivity contribution is -0.141. The van der Waals surface area contributed by atoms with Gasteiger partial charge in [-0.25, -0.2) is 9.69 Å². The van der Waals surface area contributed by atoms with Gasteiger partial charge in [-0.05, 0) is 30.0 Å². The molecule has 144 valence electrons. The predicted octanol–water partition coefficient (Wildman–Crippen LogP) is 2.77. The molecule has 1 atom stereocenters. The van der Waals surface area contributed by atoms with Crippen LogP contribution in [0, 0.1) is 6.92 Å². The van der Waals surface area contributed by atoms with Crippen LogP contribution in [0.3, 0.4) is 0 Å². The van der Waals surface area contributed by atoms with Gasteiger partial charge in [0, 0.05) is 25.6 Å². The van der Waals surface area contributed by atoms with E-state index < -0.39 is 17.6 Å². The van der Waals surface area contributed by atoms with Crippen LogP contribution in [-0.4, -0.2) is 41.3 Å². The van der Waals surface area contributed by atoms with Crippen molar-refractivity contribution in [1.29, 1.82) is 0 Å². The first-order chi connectivity index (χ1) is 13.4. The van der Waals surface area contributed by atoms with Crippen molar-refractivity contribution < 1.29 is 19.1 Å². The average molecular weight is 378 g/mol. The number of hydrogen-bond donors (Lipinski definition) is 0. The van der Waals surface area contributed by atoms with Gasteiger partial charge < -0.3 is 9.64 Å². The molecule has 1 aliphatic carbocycles. The van der Waals surface area contributed by atoms with Crippen molar-refractivity contribution in [2.75, 3.05) is 13.6 Å². The lowest BCUT2D eigenvalue weighted by Crippen LogP contribution is -2.43. The summed E-state index contributed by atoms with van der Waals surface area (Å²) in [6, 6.07) is 15.3. The van der Waals surface area contributed by atoms with Crippen LogP contribution in [-0.2, 0) is 32.9 Å². The molecule has 0 saturated carbocycles. The van der Waals surface area contributed by atoms with Gasteiger partial charge in [-0.15, -0.1) is 0 Å². The summed E-state index contributed by atoms with van der Waals surface area (Å²) in [5.41, 5.74) is 2.57. The fraction of sp³-hybridized carbons (Fsp3) is 0.318. The van der Waals surface area contributed by atoms with Crippen LogP contribution >= 0.6 is 0 Å². The van der Waals surface area contributed by atoms with Crippen molar-refractivity contribution in [2.45, 2.75) is 31.9 Å². The zero-order chi connectivity index (χ0) is 19.9. The second-order valence-electron chi connectivity index (χ2n) is 7.42. The van der Waals surface area contributed by atoms with E-state index in [2.05, 4.69) is 0 Å². The van der Waals surface area contributed by atoms with E-state index in [1.165, 1.54) is 4.90 Å². The van der Waals surface area contributed by atoms with Crippen LogP contribution in [0.1, 0.15) is 28.7 Å². The van der Waals surface area contributed by atoms with Crippen molar-refractivity contribution in [1.82, 2.24) is 9.80 Å². The van der Waals surface area contributed by atoms with Crippen molar-refractivity contribution in [3.05, 3.63) is 70.8 Å². The Bertz CT molecular complexity index is 971. The molecule has 0 N–H and O–H groups in total.